The molecule has 6 heteroatoms. The van der Waals surface area contributed by atoms with Crippen LogP contribution in [0.3, 0.4) is 0 Å². The molecule has 0 spiro atoms. The lowest BCUT2D eigenvalue weighted by Gasteiger charge is -2.09. The second kappa shape index (κ2) is 7.66. The zero-order valence-electron chi connectivity index (χ0n) is 11.9. The van der Waals surface area contributed by atoms with Gasteiger partial charge in [-0.05, 0) is 49.4 Å². The second-order valence-corrected chi connectivity index (χ2v) is 4.77. The Kier molecular flexibility index (Phi) is 5.61. The van der Waals surface area contributed by atoms with Crippen LogP contribution >= 0.6 is 11.6 Å². The van der Waals surface area contributed by atoms with Crippen LogP contribution in [-0.4, -0.2) is 19.1 Å². The third-order valence-electron chi connectivity index (χ3n) is 2.71. The Balaban J connectivity index is 1.87. The molecule has 0 unspecified atom stereocenters. The summed E-state index contributed by atoms with van der Waals surface area (Å²) in [5, 5.41) is 2.69. The Hall–Kier alpha value is -2.27. The van der Waals surface area contributed by atoms with Crippen molar-refractivity contribution < 1.29 is 18.7 Å². The van der Waals surface area contributed by atoms with Crippen molar-refractivity contribution in [2.75, 3.05) is 18.5 Å². The second-order valence-electron chi connectivity index (χ2n) is 4.37. The van der Waals surface area contributed by atoms with Gasteiger partial charge in [-0.1, -0.05) is 11.6 Å². The molecule has 0 aliphatic carbocycles. The Bertz CT molecular complexity index is 646. The van der Waals surface area contributed by atoms with E-state index in [9.17, 15) is 9.18 Å². The Morgan fingerprint density at radius 2 is 1.77 bits per heavy atom. The van der Waals surface area contributed by atoms with E-state index < -0.39 is 5.82 Å². The Labute approximate surface area is 132 Å². The summed E-state index contributed by atoms with van der Waals surface area (Å²) in [7, 11) is 0. The summed E-state index contributed by atoms with van der Waals surface area (Å²) in [6.45, 7) is 2.30. The smallest absolute Gasteiger partial charge is 0.262 e. The van der Waals surface area contributed by atoms with E-state index in [0.29, 0.717) is 18.0 Å². The van der Waals surface area contributed by atoms with E-state index in [1.165, 1.54) is 12.1 Å². The van der Waals surface area contributed by atoms with Crippen LogP contribution in [0.1, 0.15) is 6.92 Å². The summed E-state index contributed by atoms with van der Waals surface area (Å²) in [6.07, 6.45) is 0. The van der Waals surface area contributed by atoms with Gasteiger partial charge >= 0.3 is 0 Å². The number of ether oxygens (including phenoxy) is 2. The molecule has 1 N–H and O–H groups in total. The molecule has 4 nitrogen and oxygen atoms in total. The normalized spacial score (nSPS) is 10.1. The highest BCUT2D eigenvalue weighted by Gasteiger charge is 2.07. The number of nitrogens with one attached hydrogen (secondary N) is 1. The third-order valence-corrected chi connectivity index (χ3v) is 3.02. The van der Waals surface area contributed by atoms with Crippen LogP contribution in [-0.2, 0) is 4.79 Å². The van der Waals surface area contributed by atoms with Crippen molar-refractivity contribution in [1.29, 1.82) is 0 Å². The topological polar surface area (TPSA) is 47.6 Å². The zero-order chi connectivity index (χ0) is 15.9. The van der Waals surface area contributed by atoms with Gasteiger partial charge in [0, 0.05) is 0 Å². The van der Waals surface area contributed by atoms with E-state index in [1.54, 1.807) is 24.3 Å². The summed E-state index contributed by atoms with van der Waals surface area (Å²) in [5.41, 5.74) is 0.336. The van der Waals surface area contributed by atoms with Gasteiger partial charge < -0.3 is 14.8 Å². The molecule has 0 saturated carbocycles. The monoisotopic (exact) mass is 323 g/mol. The molecule has 2 aromatic carbocycles. The molecule has 0 aromatic heterocycles. The van der Waals surface area contributed by atoms with E-state index in [4.69, 9.17) is 21.1 Å². The lowest BCUT2D eigenvalue weighted by molar-refractivity contribution is -0.118. The lowest BCUT2D eigenvalue weighted by atomic mass is 10.3. The van der Waals surface area contributed by atoms with Gasteiger partial charge in [0.1, 0.15) is 17.3 Å². The van der Waals surface area contributed by atoms with Gasteiger partial charge in [0.15, 0.2) is 6.61 Å². The molecule has 0 atom stereocenters. The van der Waals surface area contributed by atoms with Crippen molar-refractivity contribution in [1.82, 2.24) is 0 Å². The van der Waals surface area contributed by atoms with Crippen molar-refractivity contribution in [2.45, 2.75) is 6.92 Å². The fraction of sp³-hybridized carbons (Fsp3) is 0.188. The highest BCUT2D eigenvalue weighted by molar-refractivity contribution is 6.33. The molecule has 116 valence electrons. The number of rotatable bonds is 6. The highest BCUT2D eigenvalue weighted by Crippen LogP contribution is 2.22. The molecular formula is C16H15ClFNO3. The summed E-state index contributed by atoms with van der Waals surface area (Å²) in [5.74, 6) is 0.428. The molecule has 2 rings (SSSR count). The lowest BCUT2D eigenvalue weighted by Crippen LogP contribution is -2.20. The van der Waals surface area contributed by atoms with E-state index in [2.05, 4.69) is 5.32 Å². The fourth-order valence-corrected chi connectivity index (χ4v) is 1.94. The molecule has 0 aliphatic heterocycles. The molecule has 0 aliphatic rings. The summed E-state index contributed by atoms with van der Waals surface area (Å²) in [4.78, 5) is 11.8. The predicted octanol–water partition coefficient (Wildman–Crippen LogP) is 3.90. The Morgan fingerprint density at radius 1 is 1.14 bits per heavy atom. The van der Waals surface area contributed by atoms with E-state index in [1.807, 2.05) is 6.92 Å². The van der Waals surface area contributed by atoms with Gasteiger partial charge in [0.25, 0.3) is 5.91 Å². The first-order valence-corrected chi connectivity index (χ1v) is 7.07. The predicted molar refractivity (Wildman–Crippen MR) is 83.1 cm³/mol. The molecule has 2 aromatic rings. The minimum atomic E-state index is -0.464. The average molecular weight is 324 g/mol. The first-order valence-electron chi connectivity index (χ1n) is 6.69. The molecule has 22 heavy (non-hydrogen) atoms. The number of carbonyl (C=O) groups is 1. The minimum absolute atomic E-state index is 0.134. The number of hydrogen-bond donors (Lipinski definition) is 1. The first kappa shape index (κ1) is 16.1. The third kappa shape index (κ3) is 4.63. The largest absolute Gasteiger partial charge is 0.494 e. The van der Waals surface area contributed by atoms with Crippen LogP contribution in [0, 0.1) is 5.82 Å². The van der Waals surface area contributed by atoms with E-state index in [0.717, 1.165) is 11.8 Å². The van der Waals surface area contributed by atoms with Crippen molar-refractivity contribution >= 4 is 23.2 Å². The van der Waals surface area contributed by atoms with E-state index in [-0.39, 0.29) is 17.5 Å². The molecule has 0 radical (unpaired) electrons. The zero-order valence-corrected chi connectivity index (χ0v) is 12.7. The summed E-state index contributed by atoms with van der Waals surface area (Å²) < 4.78 is 23.6. The van der Waals surface area contributed by atoms with Crippen LogP contribution < -0.4 is 14.8 Å². The van der Waals surface area contributed by atoms with Crippen LogP contribution in [0.5, 0.6) is 11.5 Å². The molecule has 0 saturated heterocycles. The van der Waals surface area contributed by atoms with Gasteiger partial charge in [0.05, 0.1) is 17.3 Å². The van der Waals surface area contributed by atoms with Crippen LogP contribution in [0.15, 0.2) is 42.5 Å². The highest BCUT2D eigenvalue weighted by atomic mass is 35.5. The number of amides is 1. The average Bonchev–Trinajstić information content (AvgIpc) is 2.50. The fourth-order valence-electron chi connectivity index (χ4n) is 1.72. The van der Waals surface area contributed by atoms with Gasteiger partial charge in [-0.2, -0.15) is 0 Å². The number of carbonyl (C=O) groups excluding carboxylic acids is 1. The van der Waals surface area contributed by atoms with Crippen molar-refractivity contribution in [3.63, 3.8) is 0 Å². The van der Waals surface area contributed by atoms with Gasteiger partial charge in [-0.3, -0.25) is 4.79 Å². The minimum Gasteiger partial charge on any atom is -0.494 e. The quantitative estimate of drug-likeness (QED) is 0.877. The molecule has 1 amide bonds. The maximum Gasteiger partial charge on any atom is 0.262 e. The van der Waals surface area contributed by atoms with Crippen LogP contribution in [0.2, 0.25) is 5.02 Å². The van der Waals surface area contributed by atoms with Crippen LogP contribution in [0.4, 0.5) is 10.1 Å². The molecule has 0 bridgehead atoms. The van der Waals surface area contributed by atoms with Crippen LogP contribution in [0.25, 0.3) is 0 Å². The molecular weight excluding hydrogens is 309 g/mol. The summed E-state index contributed by atoms with van der Waals surface area (Å²) >= 11 is 5.83. The van der Waals surface area contributed by atoms with Crippen molar-refractivity contribution in [3.8, 4) is 11.5 Å². The van der Waals surface area contributed by atoms with Crippen molar-refractivity contribution in [2.24, 2.45) is 0 Å². The number of halogens is 2. The first-order chi connectivity index (χ1) is 10.6. The number of hydrogen-bond acceptors (Lipinski definition) is 3. The van der Waals surface area contributed by atoms with Gasteiger partial charge in [-0.15, -0.1) is 0 Å². The number of benzene rings is 2. The van der Waals surface area contributed by atoms with E-state index >= 15 is 0 Å². The molecule has 0 heterocycles. The maximum atomic E-state index is 12.9. The SMILES string of the molecule is CCOc1ccc(OCC(=O)Nc2ccc(F)cc2Cl)cc1. The number of anilines is 1. The Morgan fingerprint density at radius 3 is 2.36 bits per heavy atom. The standard InChI is InChI=1S/C16H15ClFNO3/c1-2-21-12-4-6-13(7-5-12)22-10-16(20)19-15-8-3-11(18)9-14(15)17/h3-9H,2,10H2,1H3,(H,19,20). The molecule has 0 fully saturated rings. The van der Waals surface area contributed by atoms with Gasteiger partial charge in [-0.25, -0.2) is 4.39 Å². The van der Waals surface area contributed by atoms with Gasteiger partial charge in [0.2, 0.25) is 0 Å². The maximum absolute atomic E-state index is 12.9. The summed E-state index contributed by atoms with van der Waals surface area (Å²) in [6, 6.07) is 10.7. The van der Waals surface area contributed by atoms with Crippen molar-refractivity contribution in [3.05, 3.63) is 53.3 Å².